The highest BCUT2D eigenvalue weighted by Crippen LogP contribution is 2.30. The molecule has 4 aromatic rings. The SMILES string of the molecule is CN=C(NCCn1cccc1)NCc1ccc(-c2nc3ccccc3s2)o1. The average Bonchev–Trinajstić information content (AvgIpc) is 3.44. The number of furan rings is 1. The lowest BCUT2D eigenvalue weighted by Gasteiger charge is -2.11. The Bertz CT molecular complexity index is 999. The normalized spacial score (nSPS) is 11.8. The number of nitrogens with zero attached hydrogens (tertiary/aromatic N) is 3. The highest BCUT2D eigenvalue weighted by Gasteiger charge is 2.10. The van der Waals surface area contributed by atoms with Crippen molar-refractivity contribution in [3.8, 4) is 10.8 Å². The first-order valence-corrected chi connectivity index (χ1v) is 9.63. The topological polar surface area (TPSA) is 67.4 Å². The van der Waals surface area contributed by atoms with Crippen LogP contribution in [0, 0.1) is 0 Å². The second-order valence-corrected chi connectivity index (χ2v) is 7.06. The third-order valence-corrected chi connectivity index (χ3v) is 5.20. The summed E-state index contributed by atoms with van der Waals surface area (Å²) in [6.45, 7) is 2.24. The maximum Gasteiger partial charge on any atom is 0.191 e. The van der Waals surface area contributed by atoms with Crippen LogP contribution in [0.2, 0.25) is 0 Å². The smallest absolute Gasteiger partial charge is 0.191 e. The van der Waals surface area contributed by atoms with Crippen LogP contribution in [0.4, 0.5) is 0 Å². The van der Waals surface area contributed by atoms with Gasteiger partial charge in [-0.2, -0.15) is 0 Å². The number of para-hydroxylation sites is 1. The largest absolute Gasteiger partial charge is 0.457 e. The van der Waals surface area contributed by atoms with Crippen LogP contribution >= 0.6 is 11.3 Å². The summed E-state index contributed by atoms with van der Waals surface area (Å²) < 4.78 is 9.24. The summed E-state index contributed by atoms with van der Waals surface area (Å²) >= 11 is 1.64. The van der Waals surface area contributed by atoms with Gasteiger partial charge in [-0.25, -0.2) is 4.98 Å². The zero-order chi connectivity index (χ0) is 18.5. The van der Waals surface area contributed by atoms with Gasteiger partial charge in [-0.3, -0.25) is 4.99 Å². The van der Waals surface area contributed by atoms with E-state index in [4.69, 9.17) is 4.42 Å². The molecule has 0 aliphatic carbocycles. The molecule has 6 nitrogen and oxygen atoms in total. The first kappa shape index (κ1) is 17.4. The lowest BCUT2D eigenvalue weighted by molar-refractivity contribution is 0.513. The van der Waals surface area contributed by atoms with Crippen LogP contribution in [0.25, 0.3) is 21.0 Å². The summed E-state index contributed by atoms with van der Waals surface area (Å²) in [5.41, 5.74) is 1.00. The van der Waals surface area contributed by atoms with Gasteiger partial charge in [0.25, 0.3) is 0 Å². The molecule has 3 aromatic heterocycles. The van der Waals surface area contributed by atoms with Gasteiger partial charge in [-0.05, 0) is 36.4 Å². The van der Waals surface area contributed by atoms with Gasteiger partial charge in [0, 0.05) is 32.5 Å². The number of hydrogen-bond acceptors (Lipinski definition) is 4. The molecule has 7 heteroatoms. The molecule has 1 aromatic carbocycles. The van der Waals surface area contributed by atoms with Crippen molar-refractivity contribution in [3.05, 3.63) is 66.7 Å². The lowest BCUT2D eigenvalue weighted by Crippen LogP contribution is -2.38. The lowest BCUT2D eigenvalue weighted by atomic mass is 10.3. The van der Waals surface area contributed by atoms with E-state index in [1.165, 1.54) is 0 Å². The van der Waals surface area contributed by atoms with Crippen molar-refractivity contribution in [1.82, 2.24) is 20.2 Å². The van der Waals surface area contributed by atoms with Crippen molar-refractivity contribution < 1.29 is 4.42 Å². The summed E-state index contributed by atoms with van der Waals surface area (Å²) in [5, 5.41) is 7.48. The number of rotatable bonds is 6. The molecule has 0 fully saturated rings. The number of nitrogens with one attached hydrogen (secondary N) is 2. The van der Waals surface area contributed by atoms with E-state index < -0.39 is 0 Å². The molecule has 3 heterocycles. The van der Waals surface area contributed by atoms with E-state index >= 15 is 0 Å². The molecule has 0 bridgehead atoms. The number of fused-ring (bicyclic) bond motifs is 1. The average molecular weight is 379 g/mol. The predicted octanol–water partition coefficient (Wildman–Crippen LogP) is 3.72. The summed E-state index contributed by atoms with van der Waals surface area (Å²) in [6.07, 6.45) is 4.09. The maximum absolute atomic E-state index is 5.96. The van der Waals surface area contributed by atoms with Gasteiger partial charge in [0.2, 0.25) is 0 Å². The Morgan fingerprint density at radius 3 is 2.78 bits per heavy atom. The van der Waals surface area contributed by atoms with Gasteiger partial charge < -0.3 is 19.6 Å². The van der Waals surface area contributed by atoms with Gasteiger partial charge >= 0.3 is 0 Å². The van der Waals surface area contributed by atoms with Crippen molar-refractivity contribution in [2.24, 2.45) is 4.99 Å². The third-order valence-electron chi connectivity index (χ3n) is 4.15. The third kappa shape index (κ3) is 4.20. The second-order valence-electron chi connectivity index (χ2n) is 6.03. The second kappa shape index (κ2) is 8.09. The van der Waals surface area contributed by atoms with E-state index in [-0.39, 0.29) is 0 Å². The molecular weight excluding hydrogens is 358 g/mol. The zero-order valence-electron chi connectivity index (χ0n) is 15.1. The minimum absolute atomic E-state index is 0.564. The minimum Gasteiger partial charge on any atom is -0.457 e. The van der Waals surface area contributed by atoms with Gasteiger partial charge in [0.15, 0.2) is 16.7 Å². The quantitative estimate of drug-likeness (QED) is 0.396. The molecule has 4 rings (SSSR count). The molecule has 0 saturated carbocycles. The first-order valence-electron chi connectivity index (χ1n) is 8.82. The van der Waals surface area contributed by atoms with E-state index in [9.17, 15) is 0 Å². The molecule has 0 saturated heterocycles. The van der Waals surface area contributed by atoms with E-state index in [2.05, 4.69) is 31.2 Å². The van der Waals surface area contributed by atoms with Gasteiger partial charge in [-0.15, -0.1) is 11.3 Å². The zero-order valence-corrected chi connectivity index (χ0v) is 15.9. The van der Waals surface area contributed by atoms with Crippen LogP contribution in [0.3, 0.4) is 0 Å². The molecule has 138 valence electrons. The fraction of sp³-hybridized carbons (Fsp3) is 0.200. The van der Waals surface area contributed by atoms with Crippen LogP contribution in [0.15, 0.2) is 70.3 Å². The Morgan fingerprint density at radius 2 is 1.96 bits per heavy atom. The Hall–Kier alpha value is -3.06. The molecular formula is C20H21N5OS. The number of hydrogen-bond donors (Lipinski definition) is 2. The van der Waals surface area contributed by atoms with E-state index in [1.807, 2.05) is 54.9 Å². The molecule has 27 heavy (non-hydrogen) atoms. The molecule has 0 atom stereocenters. The number of benzene rings is 1. The summed E-state index contributed by atoms with van der Waals surface area (Å²) in [7, 11) is 1.76. The Labute approximate surface area is 161 Å². The van der Waals surface area contributed by atoms with E-state index in [1.54, 1.807) is 18.4 Å². The Kier molecular flexibility index (Phi) is 5.20. The number of guanidine groups is 1. The molecule has 2 N–H and O–H groups in total. The first-order chi connectivity index (χ1) is 13.3. The highest BCUT2D eigenvalue weighted by molar-refractivity contribution is 7.21. The predicted molar refractivity (Wildman–Crippen MR) is 110 cm³/mol. The van der Waals surface area contributed by atoms with Gasteiger partial charge in [0.05, 0.1) is 16.8 Å². The van der Waals surface area contributed by atoms with Gasteiger partial charge in [0.1, 0.15) is 5.76 Å². The van der Waals surface area contributed by atoms with Crippen LogP contribution in [0.1, 0.15) is 5.76 Å². The minimum atomic E-state index is 0.564. The van der Waals surface area contributed by atoms with Crippen molar-refractivity contribution in [1.29, 1.82) is 0 Å². The Balaban J connectivity index is 1.33. The standard InChI is InChI=1S/C20H21N5OS/c1-21-20(22-10-13-25-11-4-5-12-25)23-14-15-8-9-17(26-15)19-24-16-6-2-3-7-18(16)27-19/h2-9,11-12H,10,13-14H2,1H3,(H2,21,22,23). The molecule has 0 radical (unpaired) electrons. The number of thiazole rings is 1. The molecule has 0 spiro atoms. The number of aliphatic imine (C=N–C) groups is 1. The van der Waals surface area contributed by atoms with Crippen molar-refractivity contribution in [3.63, 3.8) is 0 Å². The van der Waals surface area contributed by atoms with Crippen LogP contribution in [-0.4, -0.2) is 29.1 Å². The molecule has 0 aliphatic rings. The molecule has 0 unspecified atom stereocenters. The monoisotopic (exact) mass is 379 g/mol. The summed E-state index contributed by atoms with van der Waals surface area (Å²) in [6, 6.07) is 16.1. The Morgan fingerprint density at radius 1 is 1.11 bits per heavy atom. The summed E-state index contributed by atoms with van der Waals surface area (Å²) in [4.78, 5) is 8.89. The van der Waals surface area contributed by atoms with E-state index in [0.29, 0.717) is 6.54 Å². The maximum atomic E-state index is 5.96. The van der Waals surface area contributed by atoms with Crippen LogP contribution in [-0.2, 0) is 13.1 Å². The van der Waals surface area contributed by atoms with E-state index in [0.717, 1.165) is 45.8 Å². The fourth-order valence-electron chi connectivity index (χ4n) is 2.78. The summed E-state index contributed by atoms with van der Waals surface area (Å²) in [5.74, 6) is 2.39. The fourth-order valence-corrected chi connectivity index (χ4v) is 3.71. The molecule has 0 amide bonds. The van der Waals surface area contributed by atoms with Crippen molar-refractivity contribution >= 4 is 27.5 Å². The van der Waals surface area contributed by atoms with Crippen molar-refractivity contribution in [2.45, 2.75) is 13.1 Å². The van der Waals surface area contributed by atoms with Crippen LogP contribution < -0.4 is 10.6 Å². The molecule has 0 aliphatic heterocycles. The van der Waals surface area contributed by atoms with Gasteiger partial charge in [-0.1, -0.05) is 12.1 Å². The number of aromatic nitrogens is 2. The highest BCUT2D eigenvalue weighted by atomic mass is 32.1. The van der Waals surface area contributed by atoms with Crippen molar-refractivity contribution in [2.75, 3.05) is 13.6 Å². The van der Waals surface area contributed by atoms with Crippen LogP contribution in [0.5, 0.6) is 0 Å².